The Bertz CT molecular complexity index is 344. The molecule has 88 valence electrons. The van der Waals surface area contributed by atoms with Gasteiger partial charge < -0.3 is 10.5 Å². The Morgan fingerprint density at radius 1 is 1.31 bits per heavy atom. The number of benzene rings is 1. The fourth-order valence-corrected chi connectivity index (χ4v) is 1.52. The summed E-state index contributed by atoms with van der Waals surface area (Å²) in [6.45, 7) is 6.78. The molecule has 16 heavy (non-hydrogen) atoms. The molecule has 1 atom stereocenters. The van der Waals surface area contributed by atoms with Crippen molar-refractivity contribution in [2.45, 2.75) is 26.9 Å². The minimum absolute atomic E-state index is 0.0754. The predicted molar refractivity (Wildman–Crippen MR) is 69.5 cm³/mol. The second-order valence-corrected chi connectivity index (χ2v) is 4.17. The molecule has 0 bridgehead atoms. The van der Waals surface area contributed by atoms with E-state index in [1.807, 2.05) is 43.3 Å². The lowest BCUT2D eigenvalue weighted by atomic mass is 10.1. The van der Waals surface area contributed by atoms with Crippen molar-refractivity contribution < 1.29 is 4.74 Å². The smallest absolute Gasteiger partial charge is 0.127 e. The Hall–Kier alpha value is -1.28. The average molecular weight is 219 g/mol. The molecule has 0 aliphatic rings. The predicted octanol–water partition coefficient (Wildman–Crippen LogP) is 3.08. The molecule has 0 aliphatic heterocycles. The highest BCUT2D eigenvalue weighted by atomic mass is 16.5. The second-order valence-electron chi connectivity index (χ2n) is 4.17. The third-order valence-corrected chi connectivity index (χ3v) is 2.52. The Labute approximate surface area is 98.1 Å². The Morgan fingerprint density at radius 2 is 2.00 bits per heavy atom. The van der Waals surface area contributed by atoms with Gasteiger partial charge in [0, 0.05) is 12.1 Å². The first-order valence-corrected chi connectivity index (χ1v) is 5.77. The van der Waals surface area contributed by atoms with Crippen LogP contribution in [-0.4, -0.2) is 12.6 Å². The van der Waals surface area contributed by atoms with Gasteiger partial charge in [-0.2, -0.15) is 0 Å². The fourth-order valence-electron chi connectivity index (χ4n) is 1.52. The standard InChI is InChI=1S/C14H21NO/c1-4-7-12-8-5-6-9-13(12)16-14(10-15)11(2)3/h4-9,11,14H,10,15H2,1-3H3. The van der Waals surface area contributed by atoms with E-state index < -0.39 is 0 Å². The molecule has 1 aromatic carbocycles. The molecular weight excluding hydrogens is 198 g/mol. The molecule has 0 amide bonds. The lowest BCUT2D eigenvalue weighted by molar-refractivity contribution is 0.159. The topological polar surface area (TPSA) is 35.2 Å². The van der Waals surface area contributed by atoms with Gasteiger partial charge in [0.2, 0.25) is 0 Å². The first kappa shape index (κ1) is 12.8. The number of para-hydroxylation sites is 1. The number of ether oxygens (including phenoxy) is 1. The second kappa shape index (κ2) is 6.33. The summed E-state index contributed by atoms with van der Waals surface area (Å²) in [7, 11) is 0. The molecular formula is C14H21NO. The molecule has 0 heterocycles. The van der Waals surface area contributed by atoms with Crippen molar-refractivity contribution in [2.75, 3.05) is 6.54 Å². The van der Waals surface area contributed by atoms with Gasteiger partial charge in [-0.15, -0.1) is 0 Å². The van der Waals surface area contributed by atoms with Gasteiger partial charge in [-0.1, -0.05) is 44.2 Å². The highest BCUT2D eigenvalue weighted by Crippen LogP contribution is 2.22. The first-order chi connectivity index (χ1) is 7.69. The highest BCUT2D eigenvalue weighted by Gasteiger charge is 2.14. The van der Waals surface area contributed by atoms with Crippen LogP contribution in [0.25, 0.3) is 6.08 Å². The van der Waals surface area contributed by atoms with E-state index in [1.165, 1.54) is 0 Å². The lowest BCUT2D eigenvalue weighted by Crippen LogP contribution is -2.31. The van der Waals surface area contributed by atoms with E-state index in [0.29, 0.717) is 12.5 Å². The van der Waals surface area contributed by atoms with Crippen LogP contribution in [0.1, 0.15) is 26.3 Å². The monoisotopic (exact) mass is 219 g/mol. The van der Waals surface area contributed by atoms with E-state index in [4.69, 9.17) is 10.5 Å². The van der Waals surface area contributed by atoms with Gasteiger partial charge in [0.25, 0.3) is 0 Å². The van der Waals surface area contributed by atoms with Crippen LogP contribution in [0.15, 0.2) is 30.3 Å². The summed E-state index contributed by atoms with van der Waals surface area (Å²) in [5.74, 6) is 1.33. The molecule has 0 radical (unpaired) electrons. The molecule has 0 fully saturated rings. The van der Waals surface area contributed by atoms with Crippen molar-refractivity contribution in [2.24, 2.45) is 11.7 Å². The maximum absolute atomic E-state index is 5.93. The molecule has 0 saturated heterocycles. The zero-order valence-corrected chi connectivity index (χ0v) is 10.3. The Balaban J connectivity index is 2.86. The van der Waals surface area contributed by atoms with Gasteiger partial charge in [0.05, 0.1) is 0 Å². The molecule has 2 N–H and O–H groups in total. The number of hydrogen-bond donors (Lipinski definition) is 1. The van der Waals surface area contributed by atoms with E-state index >= 15 is 0 Å². The van der Waals surface area contributed by atoms with Crippen molar-refractivity contribution in [3.05, 3.63) is 35.9 Å². The van der Waals surface area contributed by atoms with Gasteiger partial charge in [-0.3, -0.25) is 0 Å². The molecule has 2 nitrogen and oxygen atoms in total. The minimum atomic E-state index is 0.0754. The normalized spacial score (nSPS) is 13.3. The molecule has 0 saturated carbocycles. The summed E-state index contributed by atoms with van der Waals surface area (Å²) in [4.78, 5) is 0. The van der Waals surface area contributed by atoms with Crippen LogP contribution in [0.3, 0.4) is 0 Å². The van der Waals surface area contributed by atoms with Crippen LogP contribution in [-0.2, 0) is 0 Å². The van der Waals surface area contributed by atoms with E-state index in [1.54, 1.807) is 0 Å². The quantitative estimate of drug-likeness (QED) is 0.826. The van der Waals surface area contributed by atoms with Gasteiger partial charge in [-0.25, -0.2) is 0 Å². The number of hydrogen-bond acceptors (Lipinski definition) is 2. The highest BCUT2D eigenvalue weighted by molar-refractivity contribution is 5.56. The van der Waals surface area contributed by atoms with Crippen LogP contribution in [0.4, 0.5) is 0 Å². The van der Waals surface area contributed by atoms with E-state index in [-0.39, 0.29) is 6.10 Å². The molecule has 0 spiro atoms. The fraction of sp³-hybridized carbons (Fsp3) is 0.429. The molecule has 1 rings (SSSR count). The Kier molecular flexibility index (Phi) is 5.06. The third-order valence-electron chi connectivity index (χ3n) is 2.52. The number of allylic oxidation sites excluding steroid dienone is 1. The number of nitrogens with two attached hydrogens (primary N) is 1. The average Bonchev–Trinajstić information content (AvgIpc) is 2.27. The zero-order valence-electron chi connectivity index (χ0n) is 10.3. The summed E-state index contributed by atoms with van der Waals surface area (Å²) >= 11 is 0. The van der Waals surface area contributed by atoms with Gasteiger partial charge in [0.1, 0.15) is 11.9 Å². The molecule has 0 aliphatic carbocycles. The van der Waals surface area contributed by atoms with Crippen molar-refractivity contribution in [3.8, 4) is 5.75 Å². The van der Waals surface area contributed by atoms with E-state index in [9.17, 15) is 0 Å². The maximum atomic E-state index is 5.93. The van der Waals surface area contributed by atoms with Crippen molar-refractivity contribution >= 4 is 6.08 Å². The summed E-state index contributed by atoms with van der Waals surface area (Å²) in [5.41, 5.74) is 6.80. The summed E-state index contributed by atoms with van der Waals surface area (Å²) in [5, 5.41) is 0. The maximum Gasteiger partial charge on any atom is 0.127 e. The van der Waals surface area contributed by atoms with Crippen LogP contribution in [0, 0.1) is 5.92 Å². The van der Waals surface area contributed by atoms with Crippen LogP contribution in [0.2, 0.25) is 0 Å². The molecule has 0 aromatic heterocycles. The van der Waals surface area contributed by atoms with E-state index in [2.05, 4.69) is 13.8 Å². The van der Waals surface area contributed by atoms with Gasteiger partial charge in [0.15, 0.2) is 0 Å². The van der Waals surface area contributed by atoms with Crippen molar-refractivity contribution in [1.29, 1.82) is 0 Å². The van der Waals surface area contributed by atoms with Crippen LogP contribution >= 0.6 is 0 Å². The number of rotatable bonds is 5. The summed E-state index contributed by atoms with van der Waals surface area (Å²) < 4.78 is 5.93. The summed E-state index contributed by atoms with van der Waals surface area (Å²) in [6.07, 6.45) is 4.13. The molecule has 1 aromatic rings. The largest absolute Gasteiger partial charge is 0.488 e. The molecule has 2 heteroatoms. The third kappa shape index (κ3) is 3.38. The van der Waals surface area contributed by atoms with Gasteiger partial charge in [-0.05, 0) is 18.9 Å². The van der Waals surface area contributed by atoms with Crippen LogP contribution in [0.5, 0.6) is 5.75 Å². The van der Waals surface area contributed by atoms with E-state index in [0.717, 1.165) is 11.3 Å². The first-order valence-electron chi connectivity index (χ1n) is 5.77. The van der Waals surface area contributed by atoms with Crippen molar-refractivity contribution in [1.82, 2.24) is 0 Å². The minimum Gasteiger partial charge on any atom is -0.488 e. The van der Waals surface area contributed by atoms with Crippen molar-refractivity contribution in [3.63, 3.8) is 0 Å². The SMILES string of the molecule is CC=Cc1ccccc1OC(CN)C(C)C. The zero-order chi connectivity index (χ0) is 12.0. The molecule has 1 unspecified atom stereocenters. The lowest BCUT2D eigenvalue weighted by Gasteiger charge is -2.22. The van der Waals surface area contributed by atoms with Crippen LogP contribution < -0.4 is 10.5 Å². The van der Waals surface area contributed by atoms with Gasteiger partial charge >= 0.3 is 0 Å². The summed E-state index contributed by atoms with van der Waals surface area (Å²) in [6, 6.07) is 8.02. The Morgan fingerprint density at radius 3 is 2.56 bits per heavy atom.